The summed E-state index contributed by atoms with van der Waals surface area (Å²) >= 11 is 0. The van der Waals surface area contributed by atoms with Crippen molar-refractivity contribution in [2.45, 2.75) is 25.7 Å². The van der Waals surface area contributed by atoms with Crippen LogP contribution in [-0.2, 0) is 11.2 Å². The smallest absolute Gasteiger partial charge is 0.137 e. The van der Waals surface area contributed by atoms with E-state index < -0.39 is 0 Å². The van der Waals surface area contributed by atoms with Gasteiger partial charge in [0.25, 0.3) is 0 Å². The van der Waals surface area contributed by atoms with Gasteiger partial charge >= 0.3 is 0 Å². The SMILES string of the molecule is O=C(CCC1CCNC1)Cc1ccncc1. The molecule has 2 rings (SSSR count). The largest absolute Gasteiger partial charge is 0.316 e. The number of nitrogens with one attached hydrogen (secondary N) is 1. The predicted molar refractivity (Wildman–Crippen MR) is 63.2 cm³/mol. The summed E-state index contributed by atoms with van der Waals surface area (Å²) in [6, 6.07) is 3.82. The Bertz CT molecular complexity index is 331. The molecule has 1 N–H and O–H groups in total. The molecule has 3 nitrogen and oxygen atoms in total. The molecule has 1 unspecified atom stereocenters. The molecule has 0 amide bonds. The third-order valence-corrected chi connectivity index (χ3v) is 3.14. The Morgan fingerprint density at radius 1 is 1.44 bits per heavy atom. The Labute approximate surface area is 96.3 Å². The van der Waals surface area contributed by atoms with Crippen molar-refractivity contribution in [1.82, 2.24) is 10.3 Å². The Morgan fingerprint density at radius 2 is 2.25 bits per heavy atom. The molecule has 1 aliphatic rings. The lowest BCUT2D eigenvalue weighted by Gasteiger charge is -2.06. The fourth-order valence-corrected chi connectivity index (χ4v) is 2.14. The van der Waals surface area contributed by atoms with Gasteiger partial charge in [0, 0.05) is 25.2 Å². The van der Waals surface area contributed by atoms with Crippen LogP contribution >= 0.6 is 0 Å². The van der Waals surface area contributed by atoms with Gasteiger partial charge in [-0.25, -0.2) is 0 Å². The van der Waals surface area contributed by atoms with E-state index in [1.54, 1.807) is 12.4 Å². The highest BCUT2D eigenvalue weighted by atomic mass is 16.1. The first kappa shape index (κ1) is 11.3. The van der Waals surface area contributed by atoms with Crippen molar-refractivity contribution in [3.8, 4) is 0 Å². The average molecular weight is 218 g/mol. The molecule has 1 fully saturated rings. The number of carbonyl (C=O) groups excluding carboxylic acids is 1. The van der Waals surface area contributed by atoms with Crippen molar-refractivity contribution in [2.75, 3.05) is 13.1 Å². The first-order valence-electron chi connectivity index (χ1n) is 5.96. The van der Waals surface area contributed by atoms with Gasteiger partial charge in [0.15, 0.2) is 0 Å². The maximum atomic E-state index is 11.7. The molecule has 2 heterocycles. The fourth-order valence-electron chi connectivity index (χ4n) is 2.14. The molecular formula is C13H18N2O. The number of pyridine rings is 1. The van der Waals surface area contributed by atoms with Crippen LogP contribution in [0, 0.1) is 5.92 Å². The number of carbonyl (C=O) groups is 1. The zero-order chi connectivity index (χ0) is 11.2. The maximum Gasteiger partial charge on any atom is 0.137 e. The van der Waals surface area contributed by atoms with Crippen molar-refractivity contribution < 1.29 is 4.79 Å². The van der Waals surface area contributed by atoms with E-state index >= 15 is 0 Å². The van der Waals surface area contributed by atoms with Crippen LogP contribution in [0.15, 0.2) is 24.5 Å². The molecule has 3 heteroatoms. The monoisotopic (exact) mass is 218 g/mol. The molecule has 86 valence electrons. The van der Waals surface area contributed by atoms with Gasteiger partial charge < -0.3 is 5.32 Å². The molecule has 16 heavy (non-hydrogen) atoms. The number of ketones is 1. The zero-order valence-electron chi connectivity index (χ0n) is 9.48. The van der Waals surface area contributed by atoms with Crippen LogP contribution in [-0.4, -0.2) is 23.9 Å². The number of rotatable bonds is 5. The van der Waals surface area contributed by atoms with Crippen LogP contribution < -0.4 is 5.32 Å². The lowest BCUT2D eigenvalue weighted by atomic mass is 9.98. The Morgan fingerprint density at radius 3 is 2.94 bits per heavy atom. The molecule has 1 aliphatic heterocycles. The standard InChI is InChI=1S/C13H18N2O/c16-13(2-1-12-5-8-15-10-12)9-11-3-6-14-7-4-11/h3-4,6-7,12,15H,1-2,5,8-10H2. The van der Waals surface area contributed by atoms with Gasteiger partial charge in [-0.2, -0.15) is 0 Å². The second-order valence-electron chi connectivity index (χ2n) is 4.47. The highest BCUT2D eigenvalue weighted by Crippen LogP contribution is 2.15. The van der Waals surface area contributed by atoms with Crippen LogP contribution in [0.4, 0.5) is 0 Å². The van der Waals surface area contributed by atoms with Crippen molar-refractivity contribution >= 4 is 5.78 Å². The van der Waals surface area contributed by atoms with Crippen molar-refractivity contribution in [3.05, 3.63) is 30.1 Å². The second kappa shape index (κ2) is 5.75. The number of hydrogen-bond acceptors (Lipinski definition) is 3. The zero-order valence-corrected chi connectivity index (χ0v) is 9.48. The maximum absolute atomic E-state index is 11.7. The minimum absolute atomic E-state index is 0.345. The third-order valence-electron chi connectivity index (χ3n) is 3.14. The molecule has 0 spiro atoms. The van der Waals surface area contributed by atoms with E-state index in [2.05, 4.69) is 10.3 Å². The van der Waals surface area contributed by atoms with E-state index in [9.17, 15) is 4.79 Å². The van der Waals surface area contributed by atoms with Crippen LogP contribution in [0.25, 0.3) is 0 Å². The minimum Gasteiger partial charge on any atom is -0.316 e. The van der Waals surface area contributed by atoms with E-state index in [-0.39, 0.29) is 0 Å². The summed E-state index contributed by atoms with van der Waals surface area (Å²) in [6.07, 6.45) is 7.02. The van der Waals surface area contributed by atoms with Crippen LogP contribution in [0.1, 0.15) is 24.8 Å². The summed E-state index contributed by atoms with van der Waals surface area (Å²) in [5.41, 5.74) is 1.07. The number of aromatic nitrogens is 1. The van der Waals surface area contributed by atoms with E-state index in [0.717, 1.165) is 25.1 Å². The van der Waals surface area contributed by atoms with Crippen molar-refractivity contribution in [2.24, 2.45) is 5.92 Å². The normalized spacial score (nSPS) is 19.9. The lowest BCUT2D eigenvalue weighted by molar-refractivity contribution is -0.118. The van der Waals surface area contributed by atoms with Gasteiger partial charge in [-0.3, -0.25) is 9.78 Å². The quantitative estimate of drug-likeness (QED) is 0.816. The van der Waals surface area contributed by atoms with Crippen LogP contribution in [0.2, 0.25) is 0 Å². The number of hydrogen-bond donors (Lipinski definition) is 1. The fraction of sp³-hybridized carbons (Fsp3) is 0.538. The Hall–Kier alpha value is -1.22. The summed E-state index contributed by atoms with van der Waals surface area (Å²) in [6.45, 7) is 2.20. The lowest BCUT2D eigenvalue weighted by Crippen LogP contribution is -2.11. The third kappa shape index (κ3) is 3.42. The molecule has 0 aromatic carbocycles. The Balaban J connectivity index is 1.72. The molecule has 1 saturated heterocycles. The second-order valence-corrected chi connectivity index (χ2v) is 4.47. The van der Waals surface area contributed by atoms with Gasteiger partial charge in [-0.1, -0.05) is 0 Å². The average Bonchev–Trinajstić information content (AvgIpc) is 2.81. The molecule has 1 aromatic heterocycles. The molecule has 0 aliphatic carbocycles. The first-order valence-corrected chi connectivity index (χ1v) is 5.96. The van der Waals surface area contributed by atoms with Crippen molar-refractivity contribution in [3.63, 3.8) is 0 Å². The van der Waals surface area contributed by atoms with E-state index in [1.807, 2.05) is 12.1 Å². The topological polar surface area (TPSA) is 42.0 Å². The molecular weight excluding hydrogens is 200 g/mol. The molecule has 1 aromatic rings. The highest BCUT2D eigenvalue weighted by molar-refractivity contribution is 5.80. The summed E-state index contributed by atoms with van der Waals surface area (Å²) < 4.78 is 0. The minimum atomic E-state index is 0.345. The van der Waals surface area contributed by atoms with Gasteiger partial charge in [-0.05, 0) is 49.5 Å². The summed E-state index contributed by atoms with van der Waals surface area (Å²) in [4.78, 5) is 15.7. The van der Waals surface area contributed by atoms with E-state index in [1.165, 1.54) is 6.42 Å². The molecule has 0 saturated carbocycles. The molecule has 0 radical (unpaired) electrons. The van der Waals surface area contributed by atoms with Crippen LogP contribution in [0.3, 0.4) is 0 Å². The summed E-state index contributed by atoms with van der Waals surface area (Å²) in [7, 11) is 0. The van der Waals surface area contributed by atoms with Crippen molar-refractivity contribution in [1.29, 1.82) is 0 Å². The van der Waals surface area contributed by atoms with Gasteiger partial charge in [0.1, 0.15) is 5.78 Å². The summed E-state index contributed by atoms with van der Waals surface area (Å²) in [5.74, 6) is 1.06. The van der Waals surface area contributed by atoms with Gasteiger partial charge in [0.05, 0.1) is 0 Å². The number of Topliss-reactive ketones (excluding diaryl/α,β-unsaturated/α-hetero) is 1. The summed E-state index contributed by atoms with van der Waals surface area (Å²) in [5, 5.41) is 3.33. The van der Waals surface area contributed by atoms with Gasteiger partial charge in [-0.15, -0.1) is 0 Å². The van der Waals surface area contributed by atoms with Crippen LogP contribution in [0.5, 0.6) is 0 Å². The van der Waals surface area contributed by atoms with E-state index in [4.69, 9.17) is 0 Å². The van der Waals surface area contributed by atoms with E-state index in [0.29, 0.717) is 24.5 Å². The highest BCUT2D eigenvalue weighted by Gasteiger charge is 2.15. The van der Waals surface area contributed by atoms with Gasteiger partial charge in [0.2, 0.25) is 0 Å². The molecule has 1 atom stereocenters. The Kier molecular flexibility index (Phi) is 4.05. The predicted octanol–water partition coefficient (Wildman–Crippen LogP) is 1.58. The number of nitrogens with zero attached hydrogens (tertiary/aromatic N) is 1. The molecule has 0 bridgehead atoms. The first-order chi connectivity index (χ1) is 7.84.